The number of amides is 1. The molecule has 1 amide bonds. The number of carbonyl (C=O) groups excluding carboxylic acids is 1. The minimum Gasteiger partial charge on any atom is -0.493 e. The summed E-state index contributed by atoms with van der Waals surface area (Å²) in [4.78, 5) is 17.4. The zero-order valence-corrected chi connectivity index (χ0v) is 17.6. The van der Waals surface area contributed by atoms with E-state index in [1.165, 1.54) is 25.6 Å². The number of nitrogens with one attached hydrogen (secondary N) is 1. The van der Waals surface area contributed by atoms with Crippen LogP contribution >= 0.6 is 11.3 Å². The SMILES string of the molecule is COc1cccc(C(=O)Nc2nc(-c3cn(C)nc3-c3ccccc3)cs2)c1OC. The summed E-state index contributed by atoms with van der Waals surface area (Å²) in [5, 5.41) is 9.82. The second-order valence-electron chi connectivity index (χ2n) is 6.46. The van der Waals surface area contributed by atoms with Crippen molar-refractivity contribution < 1.29 is 14.3 Å². The number of para-hydroxylation sites is 1. The van der Waals surface area contributed by atoms with E-state index < -0.39 is 0 Å². The fraction of sp³-hybridized carbons (Fsp3) is 0.136. The van der Waals surface area contributed by atoms with Gasteiger partial charge in [-0.3, -0.25) is 14.8 Å². The molecule has 7 nitrogen and oxygen atoms in total. The average Bonchev–Trinajstić information content (AvgIpc) is 3.39. The molecule has 0 radical (unpaired) electrons. The lowest BCUT2D eigenvalue weighted by Gasteiger charge is -2.11. The zero-order valence-electron chi connectivity index (χ0n) is 16.7. The van der Waals surface area contributed by atoms with E-state index >= 15 is 0 Å². The van der Waals surface area contributed by atoms with Crippen molar-refractivity contribution >= 4 is 22.4 Å². The molecule has 30 heavy (non-hydrogen) atoms. The fourth-order valence-corrected chi connectivity index (χ4v) is 3.88. The summed E-state index contributed by atoms with van der Waals surface area (Å²) >= 11 is 1.35. The maximum Gasteiger partial charge on any atom is 0.261 e. The fourth-order valence-electron chi connectivity index (χ4n) is 3.17. The van der Waals surface area contributed by atoms with Crippen LogP contribution in [0.1, 0.15) is 10.4 Å². The molecule has 0 bridgehead atoms. The van der Waals surface area contributed by atoms with Gasteiger partial charge < -0.3 is 9.47 Å². The van der Waals surface area contributed by atoms with E-state index in [0.29, 0.717) is 22.2 Å². The highest BCUT2D eigenvalue weighted by Crippen LogP contribution is 2.34. The number of hydrogen-bond donors (Lipinski definition) is 1. The second kappa shape index (κ2) is 8.38. The maximum absolute atomic E-state index is 12.8. The van der Waals surface area contributed by atoms with Gasteiger partial charge in [0.05, 0.1) is 25.5 Å². The Morgan fingerprint density at radius 2 is 1.87 bits per heavy atom. The summed E-state index contributed by atoms with van der Waals surface area (Å²) in [5.41, 5.74) is 3.88. The van der Waals surface area contributed by atoms with Crippen LogP contribution < -0.4 is 14.8 Å². The molecule has 0 spiro atoms. The van der Waals surface area contributed by atoms with Gasteiger partial charge in [0.25, 0.3) is 5.91 Å². The van der Waals surface area contributed by atoms with Crippen molar-refractivity contribution in [1.82, 2.24) is 14.8 Å². The molecule has 2 aromatic carbocycles. The molecule has 0 aliphatic rings. The molecule has 0 aliphatic heterocycles. The third-order valence-electron chi connectivity index (χ3n) is 4.52. The molecule has 0 saturated heterocycles. The van der Waals surface area contributed by atoms with Crippen molar-refractivity contribution in [3.8, 4) is 34.0 Å². The van der Waals surface area contributed by atoms with Crippen LogP contribution in [0.4, 0.5) is 5.13 Å². The number of hydrogen-bond acceptors (Lipinski definition) is 6. The Balaban J connectivity index is 1.62. The number of aryl methyl sites for hydroxylation is 1. The van der Waals surface area contributed by atoms with Crippen LogP contribution in [0.2, 0.25) is 0 Å². The van der Waals surface area contributed by atoms with Crippen LogP contribution in [0, 0.1) is 0 Å². The number of anilines is 1. The van der Waals surface area contributed by atoms with E-state index in [9.17, 15) is 4.79 Å². The number of carbonyl (C=O) groups is 1. The Labute approximate surface area is 177 Å². The number of ether oxygens (including phenoxy) is 2. The van der Waals surface area contributed by atoms with Crippen molar-refractivity contribution in [1.29, 1.82) is 0 Å². The second-order valence-corrected chi connectivity index (χ2v) is 7.32. The molecule has 2 aromatic heterocycles. The molecule has 2 heterocycles. The van der Waals surface area contributed by atoms with Gasteiger partial charge in [0.2, 0.25) is 0 Å². The number of thiazole rings is 1. The highest BCUT2D eigenvalue weighted by molar-refractivity contribution is 7.14. The third kappa shape index (κ3) is 3.77. The number of aromatic nitrogens is 3. The lowest BCUT2D eigenvalue weighted by atomic mass is 10.1. The molecule has 1 N–H and O–H groups in total. The Hall–Kier alpha value is -3.65. The van der Waals surface area contributed by atoms with Crippen LogP contribution in [0.5, 0.6) is 11.5 Å². The first kappa shape index (κ1) is 19.7. The van der Waals surface area contributed by atoms with Crippen molar-refractivity contribution in [3.05, 3.63) is 65.7 Å². The van der Waals surface area contributed by atoms with Gasteiger partial charge in [0, 0.05) is 29.8 Å². The smallest absolute Gasteiger partial charge is 0.261 e. The van der Waals surface area contributed by atoms with Gasteiger partial charge in [0.1, 0.15) is 5.69 Å². The van der Waals surface area contributed by atoms with E-state index in [0.717, 1.165) is 22.5 Å². The number of nitrogens with zero attached hydrogens (tertiary/aromatic N) is 3. The van der Waals surface area contributed by atoms with Crippen LogP contribution in [-0.4, -0.2) is 34.9 Å². The topological polar surface area (TPSA) is 78.3 Å². The van der Waals surface area contributed by atoms with Gasteiger partial charge in [-0.05, 0) is 12.1 Å². The van der Waals surface area contributed by atoms with Gasteiger partial charge in [-0.25, -0.2) is 4.98 Å². The first-order valence-corrected chi connectivity index (χ1v) is 10.1. The molecule has 152 valence electrons. The minimum atomic E-state index is -0.318. The lowest BCUT2D eigenvalue weighted by molar-refractivity contribution is 0.102. The monoisotopic (exact) mass is 420 g/mol. The van der Waals surface area contributed by atoms with Crippen LogP contribution in [0.15, 0.2) is 60.1 Å². The van der Waals surface area contributed by atoms with Gasteiger partial charge in [-0.15, -0.1) is 11.3 Å². The van der Waals surface area contributed by atoms with E-state index in [1.807, 2.05) is 49.0 Å². The van der Waals surface area contributed by atoms with Crippen molar-refractivity contribution in [3.63, 3.8) is 0 Å². The van der Waals surface area contributed by atoms with Gasteiger partial charge >= 0.3 is 0 Å². The molecule has 0 unspecified atom stereocenters. The highest BCUT2D eigenvalue weighted by Gasteiger charge is 2.19. The molecule has 0 aliphatic carbocycles. The van der Waals surface area contributed by atoms with E-state index in [4.69, 9.17) is 9.47 Å². The standard InChI is InChI=1S/C22H20N4O3S/c1-26-12-16(19(25-26)14-8-5-4-6-9-14)17-13-30-22(23-17)24-21(27)15-10-7-11-18(28-2)20(15)29-3/h4-13H,1-3H3,(H,23,24,27). The largest absolute Gasteiger partial charge is 0.493 e. The summed E-state index contributed by atoms with van der Waals surface area (Å²) in [7, 11) is 4.91. The predicted molar refractivity (Wildman–Crippen MR) is 117 cm³/mol. The normalized spacial score (nSPS) is 10.6. The summed E-state index contributed by atoms with van der Waals surface area (Å²) < 4.78 is 12.4. The Morgan fingerprint density at radius 1 is 1.07 bits per heavy atom. The van der Waals surface area contributed by atoms with Crippen molar-refractivity contribution in [2.75, 3.05) is 19.5 Å². The Bertz CT molecular complexity index is 1180. The Morgan fingerprint density at radius 3 is 2.60 bits per heavy atom. The molecule has 0 saturated carbocycles. The third-order valence-corrected chi connectivity index (χ3v) is 5.28. The predicted octanol–water partition coefficient (Wildman–Crippen LogP) is 4.48. The van der Waals surface area contributed by atoms with Crippen molar-refractivity contribution in [2.24, 2.45) is 7.05 Å². The highest BCUT2D eigenvalue weighted by atomic mass is 32.1. The molecule has 4 aromatic rings. The average molecular weight is 420 g/mol. The summed E-state index contributed by atoms with van der Waals surface area (Å²) in [6.07, 6.45) is 1.92. The number of methoxy groups -OCH3 is 2. The Kier molecular flexibility index (Phi) is 5.49. The minimum absolute atomic E-state index is 0.318. The quantitative estimate of drug-likeness (QED) is 0.498. The maximum atomic E-state index is 12.8. The number of rotatable bonds is 6. The van der Waals surface area contributed by atoms with E-state index in [2.05, 4.69) is 15.4 Å². The molecule has 4 rings (SSSR count). The first-order chi connectivity index (χ1) is 14.6. The lowest BCUT2D eigenvalue weighted by Crippen LogP contribution is -2.13. The van der Waals surface area contributed by atoms with E-state index in [-0.39, 0.29) is 5.91 Å². The zero-order chi connectivity index (χ0) is 21.1. The van der Waals surface area contributed by atoms with Gasteiger partial charge in [0.15, 0.2) is 16.6 Å². The molecular formula is C22H20N4O3S. The number of benzene rings is 2. The summed E-state index contributed by atoms with van der Waals surface area (Å²) in [5.74, 6) is 0.557. The molecular weight excluding hydrogens is 400 g/mol. The van der Waals surface area contributed by atoms with Gasteiger partial charge in [-0.1, -0.05) is 36.4 Å². The van der Waals surface area contributed by atoms with Crippen LogP contribution in [0.25, 0.3) is 22.5 Å². The van der Waals surface area contributed by atoms with Crippen LogP contribution in [-0.2, 0) is 7.05 Å². The molecule has 0 atom stereocenters. The molecule has 0 fully saturated rings. The van der Waals surface area contributed by atoms with Crippen LogP contribution in [0.3, 0.4) is 0 Å². The summed E-state index contributed by atoms with van der Waals surface area (Å²) in [6, 6.07) is 15.1. The first-order valence-electron chi connectivity index (χ1n) is 9.18. The van der Waals surface area contributed by atoms with Crippen molar-refractivity contribution in [2.45, 2.75) is 0 Å². The van der Waals surface area contributed by atoms with Gasteiger partial charge in [-0.2, -0.15) is 5.10 Å². The summed E-state index contributed by atoms with van der Waals surface area (Å²) in [6.45, 7) is 0. The van der Waals surface area contributed by atoms with E-state index in [1.54, 1.807) is 22.9 Å². The molecule has 8 heteroatoms.